The summed E-state index contributed by atoms with van der Waals surface area (Å²) >= 11 is 0. The summed E-state index contributed by atoms with van der Waals surface area (Å²) in [5.41, 5.74) is 1.73. The number of anilines is 1. The number of hydrogen-bond donors (Lipinski definition) is 2. The molecule has 100 valence electrons. The molecular weight excluding hydrogens is 250 g/mol. The third-order valence-electron chi connectivity index (χ3n) is 3.15. The summed E-state index contributed by atoms with van der Waals surface area (Å²) in [5, 5.41) is 6.19. The summed E-state index contributed by atoms with van der Waals surface area (Å²) in [5.74, 6) is 0.674. The highest BCUT2D eigenvalue weighted by Gasteiger charge is 2.24. The van der Waals surface area contributed by atoms with Gasteiger partial charge >= 0.3 is 0 Å². The van der Waals surface area contributed by atoms with Gasteiger partial charge in [-0.25, -0.2) is 0 Å². The van der Waals surface area contributed by atoms with Gasteiger partial charge in [0, 0.05) is 17.6 Å². The van der Waals surface area contributed by atoms with Gasteiger partial charge in [-0.05, 0) is 44.4 Å². The zero-order valence-corrected chi connectivity index (χ0v) is 11.6. The van der Waals surface area contributed by atoms with Crippen molar-refractivity contribution < 1.29 is 4.79 Å². The quantitative estimate of drug-likeness (QED) is 0.865. The van der Waals surface area contributed by atoms with Crippen LogP contribution in [0.4, 0.5) is 5.69 Å². The molecule has 0 aliphatic carbocycles. The average molecular weight is 270 g/mol. The first-order valence-electron chi connectivity index (χ1n) is 6.12. The molecule has 5 heteroatoms. The molecule has 18 heavy (non-hydrogen) atoms. The monoisotopic (exact) mass is 269 g/mol. The Morgan fingerprint density at radius 1 is 1.56 bits per heavy atom. The highest BCUT2D eigenvalue weighted by molar-refractivity contribution is 5.94. The van der Waals surface area contributed by atoms with E-state index in [4.69, 9.17) is 0 Å². The molecule has 2 N–H and O–H groups in total. The zero-order valence-electron chi connectivity index (χ0n) is 10.8. The van der Waals surface area contributed by atoms with Crippen molar-refractivity contribution in [2.75, 3.05) is 11.9 Å². The van der Waals surface area contributed by atoms with Gasteiger partial charge in [-0.2, -0.15) is 0 Å². The van der Waals surface area contributed by atoms with Crippen molar-refractivity contribution in [2.45, 2.75) is 32.7 Å². The van der Waals surface area contributed by atoms with E-state index in [1.807, 2.05) is 19.1 Å². The number of amides is 1. The second-order valence-corrected chi connectivity index (χ2v) is 4.81. The molecule has 1 aromatic heterocycles. The van der Waals surface area contributed by atoms with Gasteiger partial charge < -0.3 is 10.6 Å². The lowest BCUT2D eigenvalue weighted by Crippen LogP contribution is -2.45. The number of nitrogens with one attached hydrogen (secondary N) is 2. The molecule has 1 aliphatic rings. The molecule has 0 saturated carbocycles. The van der Waals surface area contributed by atoms with Crippen LogP contribution in [0.5, 0.6) is 0 Å². The van der Waals surface area contributed by atoms with Crippen LogP contribution in [0.25, 0.3) is 0 Å². The normalized spacial score (nSPS) is 23.0. The van der Waals surface area contributed by atoms with Crippen molar-refractivity contribution in [1.29, 1.82) is 0 Å². The summed E-state index contributed by atoms with van der Waals surface area (Å²) in [6, 6.07) is 3.63. The smallest absolute Gasteiger partial charge is 0.241 e. The van der Waals surface area contributed by atoms with Gasteiger partial charge in [-0.1, -0.05) is 6.92 Å². The molecule has 1 fully saturated rings. The minimum atomic E-state index is -0.0628. The molecule has 0 radical (unpaired) electrons. The molecule has 0 spiro atoms. The van der Waals surface area contributed by atoms with Gasteiger partial charge in [-0.3, -0.25) is 9.78 Å². The van der Waals surface area contributed by atoms with Crippen molar-refractivity contribution in [1.82, 2.24) is 10.3 Å². The molecule has 2 heterocycles. The maximum Gasteiger partial charge on any atom is 0.241 e. The number of carbonyl (C=O) groups is 1. The second kappa shape index (κ2) is 6.71. The number of halogens is 1. The van der Waals surface area contributed by atoms with Crippen molar-refractivity contribution in [3.05, 3.63) is 24.0 Å². The molecule has 1 aromatic rings. The van der Waals surface area contributed by atoms with Crippen LogP contribution >= 0.6 is 12.4 Å². The van der Waals surface area contributed by atoms with Crippen LogP contribution in [0.15, 0.2) is 18.3 Å². The fourth-order valence-electron chi connectivity index (χ4n) is 2.16. The first kappa shape index (κ1) is 14.9. The van der Waals surface area contributed by atoms with Crippen LogP contribution in [0.3, 0.4) is 0 Å². The van der Waals surface area contributed by atoms with E-state index < -0.39 is 0 Å². The molecule has 2 rings (SSSR count). The fourth-order valence-corrected chi connectivity index (χ4v) is 2.16. The number of aryl methyl sites for hydroxylation is 1. The Morgan fingerprint density at radius 3 is 3.00 bits per heavy atom. The molecular formula is C13H20ClN3O. The predicted molar refractivity (Wildman–Crippen MR) is 75.0 cm³/mol. The van der Waals surface area contributed by atoms with Crippen molar-refractivity contribution in [2.24, 2.45) is 5.92 Å². The number of piperidine rings is 1. The fraction of sp³-hybridized carbons (Fsp3) is 0.538. The van der Waals surface area contributed by atoms with Crippen LogP contribution in [-0.4, -0.2) is 23.5 Å². The maximum absolute atomic E-state index is 12.0. The van der Waals surface area contributed by atoms with Crippen LogP contribution in [0.2, 0.25) is 0 Å². The third kappa shape index (κ3) is 3.96. The highest BCUT2D eigenvalue weighted by atomic mass is 35.5. The Balaban J connectivity index is 0.00000162. The zero-order chi connectivity index (χ0) is 12.3. The third-order valence-corrected chi connectivity index (χ3v) is 3.15. The molecule has 1 amide bonds. The number of carbonyl (C=O) groups excluding carboxylic acids is 1. The van der Waals surface area contributed by atoms with Crippen molar-refractivity contribution >= 4 is 24.0 Å². The number of pyridine rings is 1. The summed E-state index contributed by atoms with van der Waals surface area (Å²) in [7, 11) is 0. The Morgan fingerprint density at radius 2 is 2.33 bits per heavy atom. The van der Waals surface area contributed by atoms with Gasteiger partial charge in [0.25, 0.3) is 0 Å². The first-order chi connectivity index (χ1) is 8.15. The molecule has 0 bridgehead atoms. The summed E-state index contributed by atoms with van der Waals surface area (Å²) < 4.78 is 0. The standard InChI is InChI=1S/C13H19N3O.ClH/c1-9-3-5-15-12(7-9)13(17)16-11-4-6-14-10(2)8-11;/h4,6,8-9,12,15H,3,5,7H2,1-2H3,(H,14,16,17);1H. The van der Waals surface area contributed by atoms with Crippen LogP contribution in [0.1, 0.15) is 25.5 Å². The van der Waals surface area contributed by atoms with E-state index in [1.165, 1.54) is 0 Å². The van der Waals surface area contributed by atoms with Gasteiger partial charge in [0.1, 0.15) is 0 Å². The Bertz CT molecular complexity index is 411. The lowest BCUT2D eigenvalue weighted by molar-refractivity contribution is -0.119. The minimum absolute atomic E-state index is 0. The second-order valence-electron chi connectivity index (χ2n) is 4.81. The van der Waals surface area contributed by atoms with Crippen molar-refractivity contribution in [3.63, 3.8) is 0 Å². The number of hydrogen-bond acceptors (Lipinski definition) is 3. The summed E-state index contributed by atoms with van der Waals surface area (Å²) in [4.78, 5) is 16.1. The number of rotatable bonds is 2. The molecule has 0 aromatic carbocycles. The highest BCUT2D eigenvalue weighted by Crippen LogP contribution is 2.16. The average Bonchev–Trinajstić information content (AvgIpc) is 2.29. The SMILES string of the molecule is Cc1cc(NC(=O)C2CC(C)CCN2)ccn1.Cl. The molecule has 1 saturated heterocycles. The lowest BCUT2D eigenvalue weighted by atomic mass is 9.94. The number of aromatic nitrogens is 1. The summed E-state index contributed by atoms with van der Waals surface area (Å²) in [6.45, 7) is 5.03. The summed E-state index contributed by atoms with van der Waals surface area (Å²) in [6.07, 6.45) is 3.77. The Kier molecular flexibility index (Phi) is 5.56. The maximum atomic E-state index is 12.0. The largest absolute Gasteiger partial charge is 0.325 e. The minimum Gasteiger partial charge on any atom is -0.325 e. The lowest BCUT2D eigenvalue weighted by Gasteiger charge is -2.27. The van der Waals surface area contributed by atoms with Gasteiger partial charge in [0.15, 0.2) is 0 Å². The van der Waals surface area contributed by atoms with Gasteiger partial charge in [-0.15, -0.1) is 12.4 Å². The molecule has 2 unspecified atom stereocenters. The van der Waals surface area contributed by atoms with E-state index in [1.54, 1.807) is 6.20 Å². The van der Waals surface area contributed by atoms with E-state index in [9.17, 15) is 4.79 Å². The predicted octanol–water partition coefficient (Wildman–Crippen LogP) is 2.14. The Labute approximate surface area is 114 Å². The molecule has 4 nitrogen and oxygen atoms in total. The molecule has 2 atom stereocenters. The van der Waals surface area contributed by atoms with E-state index in [0.29, 0.717) is 5.92 Å². The number of nitrogens with zero attached hydrogens (tertiary/aromatic N) is 1. The first-order valence-corrected chi connectivity index (χ1v) is 6.12. The van der Waals surface area contributed by atoms with Gasteiger partial charge in [0.05, 0.1) is 6.04 Å². The topological polar surface area (TPSA) is 54.0 Å². The van der Waals surface area contributed by atoms with Crippen LogP contribution in [0, 0.1) is 12.8 Å². The van der Waals surface area contributed by atoms with Crippen molar-refractivity contribution in [3.8, 4) is 0 Å². The van der Waals surface area contributed by atoms with Gasteiger partial charge in [0.2, 0.25) is 5.91 Å². The van der Waals surface area contributed by atoms with E-state index in [0.717, 1.165) is 30.8 Å². The van der Waals surface area contributed by atoms with Crippen LogP contribution < -0.4 is 10.6 Å². The molecule has 1 aliphatic heterocycles. The Hall–Kier alpha value is -1.13. The van der Waals surface area contributed by atoms with E-state index in [2.05, 4.69) is 22.5 Å². The van der Waals surface area contributed by atoms with E-state index in [-0.39, 0.29) is 24.4 Å². The van der Waals surface area contributed by atoms with E-state index >= 15 is 0 Å². The van der Waals surface area contributed by atoms with Crippen LogP contribution in [-0.2, 0) is 4.79 Å².